The molecule has 1 amide bonds. The second-order valence-electron chi connectivity index (χ2n) is 4.75. The van der Waals surface area contributed by atoms with Crippen LogP contribution >= 0.6 is 11.6 Å². The maximum Gasteiger partial charge on any atom is 0.222 e. The maximum absolute atomic E-state index is 12.0. The molecule has 0 aromatic heterocycles. The van der Waals surface area contributed by atoms with Crippen molar-refractivity contribution >= 4 is 17.5 Å². The summed E-state index contributed by atoms with van der Waals surface area (Å²) in [6.45, 7) is 1.88. The van der Waals surface area contributed by atoms with E-state index in [1.165, 1.54) is 25.7 Å². The Morgan fingerprint density at radius 1 is 1.35 bits per heavy atom. The van der Waals surface area contributed by atoms with Crippen molar-refractivity contribution in [2.45, 2.75) is 38.5 Å². The highest BCUT2D eigenvalue weighted by molar-refractivity contribution is 6.18. The quantitative estimate of drug-likeness (QED) is 0.629. The number of hydrogen-bond acceptors (Lipinski definition) is 2. The van der Waals surface area contributed by atoms with E-state index in [-0.39, 0.29) is 5.91 Å². The molecule has 100 valence electrons. The average Bonchev–Trinajstić information content (AvgIpc) is 2.84. The van der Waals surface area contributed by atoms with E-state index in [0.29, 0.717) is 32.0 Å². The third-order valence-corrected chi connectivity index (χ3v) is 3.68. The Kier molecular flexibility index (Phi) is 7.62. The van der Waals surface area contributed by atoms with E-state index in [2.05, 4.69) is 0 Å². The van der Waals surface area contributed by atoms with Crippen molar-refractivity contribution in [3.05, 3.63) is 0 Å². The standard InChI is InChI=1S/C13H24ClNO2/c1-17-11-10-15(9-8-14)13(16)7-6-12-4-2-3-5-12/h12H,2-11H2,1H3. The summed E-state index contributed by atoms with van der Waals surface area (Å²) in [5.74, 6) is 1.51. The normalized spacial score (nSPS) is 16.4. The number of carbonyl (C=O) groups excluding carboxylic acids is 1. The molecule has 1 aliphatic rings. The molecule has 0 N–H and O–H groups in total. The number of amides is 1. The fourth-order valence-corrected chi connectivity index (χ4v) is 2.65. The fraction of sp³-hybridized carbons (Fsp3) is 0.923. The summed E-state index contributed by atoms with van der Waals surface area (Å²) in [7, 11) is 1.65. The van der Waals surface area contributed by atoms with Crippen molar-refractivity contribution in [2.24, 2.45) is 5.92 Å². The first-order chi connectivity index (χ1) is 8.27. The van der Waals surface area contributed by atoms with Gasteiger partial charge in [0.05, 0.1) is 6.61 Å². The smallest absolute Gasteiger partial charge is 0.222 e. The van der Waals surface area contributed by atoms with Crippen molar-refractivity contribution in [3.63, 3.8) is 0 Å². The zero-order chi connectivity index (χ0) is 12.5. The Morgan fingerprint density at radius 2 is 2.06 bits per heavy atom. The second kappa shape index (κ2) is 8.76. The second-order valence-corrected chi connectivity index (χ2v) is 5.13. The molecule has 1 saturated carbocycles. The van der Waals surface area contributed by atoms with Crippen molar-refractivity contribution in [2.75, 3.05) is 32.7 Å². The molecule has 0 aliphatic heterocycles. The van der Waals surface area contributed by atoms with E-state index in [4.69, 9.17) is 16.3 Å². The van der Waals surface area contributed by atoms with Gasteiger partial charge < -0.3 is 9.64 Å². The van der Waals surface area contributed by atoms with Crippen LogP contribution in [0, 0.1) is 5.92 Å². The van der Waals surface area contributed by atoms with Crippen molar-refractivity contribution in [1.82, 2.24) is 4.90 Å². The van der Waals surface area contributed by atoms with Crippen LogP contribution in [0.4, 0.5) is 0 Å². The summed E-state index contributed by atoms with van der Waals surface area (Å²) in [5.41, 5.74) is 0. The van der Waals surface area contributed by atoms with Crippen LogP contribution in [0.25, 0.3) is 0 Å². The van der Waals surface area contributed by atoms with E-state index >= 15 is 0 Å². The molecule has 0 atom stereocenters. The molecule has 0 bridgehead atoms. The minimum Gasteiger partial charge on any atom is -0.383 e. The van der Waals surface area contributed by atoms with Gasteiger partial charge in [0.15, 0.2) is 0 Å². The predicted octanol–water partition coefficient (Wildman–Crippen LogP) is 2.67. The highest BCUT2D eigenvalue weighted by Gasteiger charge is 2.18. The predicted molar refractivity (Wildman–Crippen MR) is 70.4 cm³/mol. The molecule has 0 aromatic carbocycles. The molecule has 0 spiro atoms. The molecule has 0 saturated heterocycles. The molecule has 3 nitrogen and oxygen atoms in total. The third kappa shape index (κ3) is 5.73. The number of ether oxygens (including phenoxy) is 1. The zero-order valence-electron chi connectivity index (χ0n) is 10.8. The van der Waals surface area contributed by atoms with Gasteiger partial charge in [0.2, 0.25) is 5.91 Å². The van der Waals surface area contributed by atoms with Crippen LogP contribution < -0.4 is 0 Å². The Labute approximate surface area is 109 Å². The lowest BCUT2D eigenvalue weighted by Crippen LogP contribution is -2.35. The summed E-state index contributed by atoms with van der Waals surface area (Å²) in [5, 5.41) is 0. The van der Waals surface area contributed by atoms with E-state index in [1.54, 1.807) is 7.11 Å². The summed E-state index contributed by atoms with van der Waals surface area (Å²) in [6.07, 6.45) is 7.01. The molecule has 0 heterocycles. The molecule has 0 aromatic rings. The molecule has 0 radical (unpaired) electrons. The van der Waals surface area contributed by atoms with Crippen LogP contribution in [-0.2, 0) is 9.53 Å². The van der Waals surface area contributed by atoms with Crippen molar-refractivity contribution < 1.29 is 9.53 Å². The highest BCUT2D eigenvalue weighted by atomic mass is 35.5. The van der Waals surface area contributed by atoms with Crippen LogP contribution in [-0.4, -0.2) is 43.5 Å². The molecular weight excluding hydrogens is 238 g/mol. The van der Waals surface area contributed by atoms with Crippen LogP contribution in [0.15, 0.2) is 0 Å². The number of nitrogens with zero attached hydrogens (tertiary/aromatic N) is 1. The van der Waals surface area contributed by atoms with E-state index in [1.807, 2.05) is 4.90 Å². The van der Waals surface area contributed by atoms with Gasteiger partial charge in [-0.3, -0.25) is 4.79 Å². The molecule has 0 unspecified atom stereocenters. The minimum atomic E-state index is 0.231. The number of halogens is 1. The number of rotatable bonds is 8. The topological polar surface area (TPSA) is 29.5 Å². The fourth-order valence-electron chi connectivity index (χ4n) is 2.45. The lowest BCUT2D eigenvalue weighted by molar-refractivity contribution is -0.131. The molecule has 17 heavy (non-hydrogen) atoms. The van der Waals surface area contributed by atoms with Crippen molar-refractivity contribution in [1.29, 1.82) is 0 Å². The monoisotopic (exact) mass is 261 g/mol. The number of hydrogen-bond donors (Lipinski definition) is 0. The van der Waals surface area contributed by atoms with Gasteiger partial charge in [0.1, 0.15) is 0 Å². The van der Waals surface area contributed by atoms with Crippen LogP contribution in [0.2, 0.25) is 0 Å². The van der Waals surface area contributed by atoms with E-state index < -0.39 is 0 Å². The van der Waals surface area contributed by atoms with Crippen LogP contribution in [0.5, 0.6) is 0 Å². The Morgan fingerprint density at radius 3 is 2.65 bits per heavy atom. The highest BCUT2D eigenvalue weighted by Crippen LogP contribution is 2.28. The Bertz CT molecular complexity index is 217. The molecule has 4 heteroatoms. The van der Waals surface area contributed by atoms with Gasteiger partial charge in [-0.05, 0) is 12.3 Å². The van der Waals surface area contributed by atoms with E-state index in [0.717, 1.165) is 12.3 Å². The molecule has 1 rings (SSSR count). The minimum absolute atomic E-state index is 0.231. The largest absolute Gasteiger partial charge is 0.383 e. The zero-order valence-corrected chi connectivity index (χ0v) is 11.5. The lowest BCUT2D eigenvalue weighted by atomic mass is 10.0. The summed E-state index contributed by atoms with van der Waals surface area (Å²) < 4.78 is 5.01. The SMILES string of the molecule is COCCN(CCCl)C(=O)CCC1CCCC1. The average molecular weight is 262 g/mol. The van der Waals surface area contributed by atoms with Gasteiger partial charge in [-0.25, -0.2) is 0 Å². The maximum atomic E-state index is 12.0. The molecule has 1 fully saturated rings. The first kappa shape index (κ1) is 14.8. The van der Waals surface area contributed by atoms with Gasteiger partial charge in [0, 0.05) is 32.5 Å². The number of carbonyl (C=O) groups is 1. The Hall–Kier alpha value is -0.280. The summed E-state index contributed by atoms with van der Waals surface area (Å²) in [6, 6.07) is 0. The van der Waals surface area contributed by atoms with Gasteiger partial charge in [-0.1, -0.05) is 25.7 Å². The van der Waals surface area contributed by atoms with Gasteiger partial charge >= 0.3 is 0 Å². The first-order valence-corrected chi connectivity index (χ1v) is 7.14. The van der Waals surface area contributed by atoms with Crippen molar-refractivity contribution in [3.8, 4) is 0 Å². The molecule has 1 aliphatic carbocycles. The third-order valence-electron chi connectivity index (χ3n) is 3.51. The molecular formula is C13H24ClNO2. The van der Waals surface area contributed by atoms with Gasteiger partial charge in [-0.2, -0.15) is 0 Å². The summed E-state index contributed by atoms with van der Waals surface area (Å²) in [4.78, 5) is 13.8. The van der Waals surface area contributed by atoms with Gasteiger partial charge in [-0.15, -0.1) is 11.6 Å². The van der Waals surface area contributed by atoms with Crippen LogP contribution in [0.3, 0.4) is 0 Å². The van der Waals surface area contributed by atoms with E-state index in [9.17, 15) is 4.79 Å². The first-order valence-electron chi connectivity index (χ1n) is 6.60. The van der Waals surface area contributed by atoms with Gasteiger partial charge in [0.25, 0.3) is 0 Å². The number of methoxy groups -OCH3 is 1. The lowest BCUT2D eigenvalue weighted by Gasteiger charge is -2.22. The number of alkyl halides is 1. The summed E-state index contributed by atoms with van der Waals surface area (Å²) >= 11 is 5.71. The Balaban J connectivity index is 2.24. The van der Waals surface area contributed by atoms with Crippen LogP contribution in [0.1, 0.15) is 38.5 Å².